The molecule has 3 aromatic rings. The second kappa shape index (κ2) is 7.48. The van der Waals surface area contributed by atoms with Crippen LogP contribution in [-0.4, -0.2) is 21.9 Å². The number of aromatic hydroxyl groups is 1. The van der Waals surface area contributed by atoms with Crippen molar-refractivity contribution in [1.82, 2.24) is 0 Å². The van der Waals surface area contributed by atoms with Gasteiger partial charge in [0.15, 0.2) is 0 Å². The number of aliphatic hydroxyl groups excluding tert-OH is 1. The van der Waals surface area contributed by atoms with E-state index in [1.807, 2.05) is 6.92 Å². The first-order valence-corrected chi connectivity index (χ1v) is 9.29. The van der Waals surface area contributed by atoms with Crippen LogP contribution in [0.25, 0.3) is 5.76 Å². The molecule has 0 spiro atoms. The van der Waals surface area contributed by atoms with Crippen LogP contribution in [0.1, 0.15) is 22.7 Å². The molecule has 1 fully saturated rings. The highest BCUT2D eigenvalue weighted by Gasteiger charge is 2.47. The number of hydrogen-bond donors (Lipinski definition) is 2. The zero-order valence-electron chi connectivity index (χ0n) is 16.0. The third kappa shape index (κ3) is 3.33. The molecule has 0 aliphatic carbocycles. The molecule has 1 saturated heterocycles. The van der Waals surface area contributed by atoms with Crippen molar-refractivity contribution in [2.75, 3.05) is 4.90 Å². The van der Waals surface area contributed by atoms with Crippen molar-refractivity contribution in [1.29, 1.82) is 0 Å². The van der Waals surface area contributed by atoms with Crippen LogP contribution in [0.2, 0.25) is 0 Å². The van der Waals surface area contributed by atoms with Gasteiger partial charge in [-0.05, 0) is 48.9 Å². The van der Waals surface area contributed by atoms with Crippen molar-refractivity contribution in [3.8, 4) is 5.75 Å². The molecule has 1 unspecified atom stereocenters. The van der Waals surface area contributed by atoms with Gasteiger partial charge in [-0.15, -0.1) is 0 Å². The van der Waals surface area contributed by atoms with Gasteiger partial charge in [0.25, 0.3) is 11.7 Å². The molecule has 0 bridgehead atoms. The number of halogens is 1. The Morgan fingerprint density at radius 2 is 1.63 bits per heavy atom. The van der Waals surface area contributed by atoms with Gasteiger partial charge in [0.2, 0.25) is 0 Å². The van der Waals surface area contributed by atoms with Crippen LogP contribution in [0.4, 0.5) is 10.1 Å². The van der Waals surface area contributed by atoms with E-state index in [0.29, 0.717) is 16.8 Å². The highest BCUT2D eigenvalue weighted by Crippen LogP contribution is 2.42. The lowest BCUT2D eigenvalue weighted by molar-refractivity contribution is -0.132. The van der Waals surface area contributed by atoms with Gasteiger partial charge in [-0.2, -0.15) is 0 Å². The number of anilines is 1. The summed E-state index contributed by atoms with van der Waals surface area (Å²) < 4.78 is 14.0. The van der Waals surface area contributed by atoms with Crippen LogP contribution in [0, 0.1) is 12.7 Å². The fourth-order valence-electron chi connectivity index (χ4n) is 3.57. The van der Waals surface area contributed by atoms with Crippen LogP contribution in [0.5, 0.6) is 5.75 Å². The molecule has 5 nitrogen and oxygen atoms in total. The van der Waals surface area contributed by atoms with Gasteiger partial charge in [-0.25, -0.2) is 4.39 Å². The van der Waals surface area contributed by atoms with Gasteiger partial charge in [-0.1, -0.05) is 42.0 Å². The van der Waals surface area contributed by atoms with E-state index in [9.17, 15) is 24.2 Å². The molecule has 1 atom stereocenters. The summed E-state index contributed by atoms with van der Waals surface area (Å²) in [6.45, 7) is 1.89. The number of amides is 1. The Balaban J connectivity index is 1.95. The SMILES string of the molecule is Cc1ccc(/C(O)=C2\C(=O)C(=O)N(c3ccc(O)cc3)C2c2cccc(F)c2)cc1. The maximum Gasteiger partial charge on any atom is 0.300 e. The van der Waals surface area contributed by atoms with Crippen LogP contribution < -0.4 is 4.90 Å². The molecule has 1 amide bonds. The molecular weight excluding hydrogens is 385 g/mol. The van der Waals surface area contributed by atoms with Gasteiger partial charge in [0.05, 0.1) is 11.6 Å². The molecule has 30 heavy (non-hydrogen) atoms. The number of phenols is 1. The lowest BCUT2D eigenvalue weighted by Gasteiger charge is -2.25. The molecule has 1 aliphatic rings. The Morgan fingerprint density at radius 1 is 0.967 bits per heavy atom. The van der Waals surface area contributed by atoms with Crippen molar-refractivity contribution >= 4 is 23.1 Å². The van der Waals surface area contributed by atoms with Crippen LogP contribution >= 0.6 is 0 Å². The van der Waals surface area contributed by atoms with Gasteiger partial charge in [0, 0.05) is 11.3 Å². The van der Waals surface area contributed by atoms with E-state index >= 15 is 0 Å². The number of ketones is 1. The zero-order valence-corrected chi connectivity index (χ0v) is 16.0. The number of aryl methyl sites for hydroxylation is 1. The monoisotopic (exact) mass is 403 g/mol. The summed E-state index contributed by atoms with van der Waals surface area (Å²) in [5.74, 6) is -2.57. The highest BCUT2D eigenvalue weighted by molar-refractivity contribution is 6.51. The molecule has 150 valence electrons. The number of rotatable bonds is 3. The summed E-state index contributed by atoms with van der Waals surface area (Å²) in [4.78, 5) is 27.1. The summed E-state index contributed by atoms with van der Waals surface area (Å²) in [5, 5.41) is 20.5. The number of carbonyl (C=O) groups excluding carboxylic acids is 2. The lowest BCUT2D eigenvalue weighted by atomic mass is 9.95. The smallest absolute Gasteiger partial charge is 0.300 e. The standard InChI is InChI=1S/C24H18FNO4/c1-14-5-7-15(8-6-14)22(28)20-21(16-3-2-4-17(25)13-16)26(24(30)23(20)29)18-9-11-19(27)12-10-18/h2-13,21,27-28H,1H3/b22-20+. The molecule has 0 saturated carbocycles. The first kappa shape index (κ1) is 19.4. The first-order chi connectivity index (χ1) is 14.4. The van der Waals surface area contributed by atoms with Crippen molar-refractivity contribution in [3.05, 3.63) is 101 Å². The molecule has 2 N–H and O–H groups in total. The Bertz CT molecular complexity index is 1170. The van der Waals surface area contributed by atoms with E-state index in [1.165, 1.54) is 47.4 Å². The topological polar surface area (TPSA) is 77.8 Å². The predicted molar refractivity (Wildman–Crippen MR) is 110 cm³/mol. The largest absolute Gasteiger partial charge is 0.508 e. The van der Waals surface area contributed by atoms with Crippen molar-refractivity contribution in [2.24, 2.45) is 0 Å². The van der Waals surface area contributed by atoms with Crippen molar-refractivity contribution in [2.45, 2.75) is 13.0 Å². The summed E-state index contributed by atoms with van der Waals surface area (Å²) >= 11 is 0. The summed E-state index contributed by atoms with van der Waals surface area (Å²) in [6, 6.07) is 17.1. The van der Waals surface area contributed by atoms with Gasteiger partial charge >= 0.3 is 0 Å². The van der Waals surface area contributed by atoms with Crippen LogP contribution in [0.15, 0.2) is 78.4 Å². The summed E-state index contributed by atoms with van der Waals surface area (Å²) in [7, 11) is 0. The zero-order chi connectivity index (χ0) is 21.4. The molecule has 4 rings (SSSR count). The number of carbonyl (C=O) groups is 2. The quantitative estimate of drug-likeness (QED) is 0.384. The second-order valence-electron chi connectivity index (χ2n) is 7.11. The maximum absolute atomic E-state index is 14.0. The molecule has 1 aliphatic heterocycles. The van der Waals surface area contributed by atoms with E-state index in [4.69, 9.17) is 0 Å². The number of nitrogens with zero attached hydrogens (tertiary/aromatic N) is 1. The lowest BCUT2D eigenvalue weighted by Crippen LogP contribution is -2.29. The minimum Gasteiger partial charge on any atom is -0.508 e. The van der Waals surface area contributed by atoms with Crippen molar-refractivity contribution in [3.63, 3.8) is 0 Å². The molecule has 0 aromatic heterocycles. The Labute approximate surface area is 172 Å². The molecule has 0 radical (unpaired) electrons. The fourth-order valence-corrected chi connectivity index (χ4v) is 3.57. The van der Waals surface area contributed by atoms with E-state index in [-0.39, 0.29) is 17.1 Å². The fraction of sp³-hybridized carbons (Fsp3) is 0.0833. The highest BCUT2D eigenvalue weighted by atomic mass is 19.1. The first-order valence-electron chi connectivity index (χ1n) is 9.29. The maximum atomic E-state index is 14.0. The number of hydrogen-bond acceptors (Lipinski definition) is 4. The molecule has 6 heteroatoms. The second-order valence-corrected chi connectivity index (χ2v) is 7.11. The van der Waals surface area contributed by atoms with E-state index in [0.717, 1.165) is 5.56 Å². The average Bonchev–Trinajstić information content (AvgIpc) is 3.00. The number of benzene rings is 3. The summed E-state index contributed by atoms with van der Waals surface area (Å²) in [5.41, 5.74) is 1.91. The summed E-state index contributed by atoms with van der Waals surface area (Å²) in [6.07, 6.45) is 0. The minimum atomic E-state index is -1.02. The Kier molecular flexibility index (Phi) is 4.83. The predicted octanol–water partition coefficient (Wildman–Crippen LogP) is 4.47. The molecular formula is C24H18FNO4. The third-order valence-corrected chi connectivity index (χ3v) is 5.06. The number of phenolic OH excluding ortho intramolecular Hbond substituents is 1. The normalized spacial score (nSPS) is 18.1. The van der Waals surface area contributed by atoms with Crippen LogP contribution in [-0.2, 0) is 9.59 Å². The van der Waals surface area contributed by atoms with Crippen LogP contribution in [0.3, 0.4) is 0 Å². The average molecular weight is 403 g/mol. The van der Waals surface area contributed by atoms with Gasteiger partial charge < -0.3 is 10.2 Å². The third-order valence-electron chi connectivity index (χ3n) is 5.06. The van der Waals surface area contributed by atoms with E-state index in [1.54, 1.807) is 30.3 Å². The number of Topliss-reactive ketones (excluding diaryl/α,β-unsaturated/α-hetero) is 1. The molecule has 1 heterocycles. The molecule has 3 aromatic carbocycles. The number of aliphatic hydroxyl groups is 1. The van der Waals surface area contributed by atoms with E-state index < -0.39 is 23.5 Å². The van der Waals surface area contributed by atoms with Gasteiger partial charge in [0.1, 0.15) is 17.3 Å². The van der Waals surface area contributed by atoms with Gasteiger partial charge in [-0.3, -0.25) is 14.5 Å². The van der Waals surface area contributed by atoms with E-state index in [2.05, 4.69) is 0 Å². The minimum absolute atomic E-state index is 0.00250. The van der Waals surface area contributed by atoms with Crippen molar-refractivity contribution < 1.29 is 24.2 Å². The Morgan fingerprint density at radius 3 is 2.27 bits per heavy atom. The Hall–Kier alpha value is -3.93.